The molecule has 3 unspecified atom stereocenters. The van der Waals surface area contributed by atoms with E-state index < -0.39 is 5.41 Å². The van der Waals surface area contributed by atoms with Crippen LogP contribution in [0.4, 0.5) is 0 Å². The standard InChI is InChI=1S/C63H58N12/c1-10-23-61(6,7)37(5)42-33-41-16-15-38-17-21-44(73-51(38)50(41)72-35-42)48-55-57(68-29-27-66-55)49(58-56(48)67-28-30-69-58)45-22-19-40-14-13-39-18-20-43(74-52(39)53(40)75-45)47-54-46(64-25-26-65-54)34-63(9,60-59(47)70-31-32-71-60)62(8,24-11-2)36(4)12-3/h13-22,25-36H,5,10-12,23-24H2,1-4,6-9H3. The van der Waals surface area contributed by atoms with Gasteiger partial charge in [0.15, 0.2) is 0 Å². The van der Waals surface area contributed by atoms with Gasteiger partial charge < -0.3 is 0 Å². The highest BCUT2D eigenvalue weighted by molar-refractivity contribution is 6.17. The van der Waals surface area contributed by atoms with Crippen molar-refractivity contribution in [3.63, 3.8) is 0 Å². The average molecular weight is 983 g/mol. The van der Waals surface area contributed by atoms with E-state index in [-0.39, 0.29) is 10.8 Å². The van der Waals surface area contributed by atoms with E-state index in [2.05, 4.69) is 123 Å². The molecule has 0 bridgehead atoms. The number of aromatic nitrogens is 12. The molecule has 12 rings (SSSR count). The summed E-state index contributed by atoms with van der Waals surface area (Å²) >= 11 is 0. The number of pyridine rings is 4. The Balaban J connectivity index is 1.03. The van der Waals surface area contributed by atoms with Crippen LogP contribution in [-0.4, -0.2) is 59.8 Å². The summed E-state index contributed by atoms with van der Waals surface area (Å²) in [6.45, 7) is 22.8. The van der Waals surface area contributed by atoms with Crippen LogP contribution in [0.2, 0.25) is 0 Å². The maximum Gasteiger partial charge on any atom is 0.101 e. The van der Waals surface area contributed by atoms with Gasteiger partial charge >= 0.3 is 0 Å². The molecule has 1 aliphatic rings. The molecule has 0 radical (unpaired) electrons. The van der Waals surface area contributed by atoms with Gasteiger partial charge in [-0.15, -0.1) is 0 Å². The summed E-state index contributed by atoms with van der Waals surface area (Å²) in [5, 5.41) is 5.34. The van der Waals surface area contributed by atoms with Crippen molar-refractivity contribution < 1.29 is 0 Å². The number of benzene rings is 3. The highest BCUT2D eigenvalue weighted by Crippen LogP contribution is 2.53. The van der Waals surface area contributed by atoms with Crippen LogP contribution in [0.1, 0.15) is 110 Å². The minimum Gasteiger partial charge on any atom is -0.256 e. The van der Waals surface area contributed by atoms with Gasteiger partial charge in [-0.2, -0.15) is 0 Å². The number of rotatable bonds is 12. The fourth-order valence-corrected chi connectivity index (χ4v) is 12.1. The molecule has 0 amide bonds. The highest BCUT2D eigenvalue weighted by atomic mass is 14.9. The van der Waals surface area contributed by atoms with E-state index >= 15 is 0 Å². The number of hydrogen-bond donors (Lipinski definition) is 0. The first kappa shape index (κ1) is 47.6. The molecule has 75 heavy (non-hydrogen) atoms. The molecule has 0 N–H and O–H groups in total. The monoisotopic (exact) mass is 982 g/mol. The van der Waals surface area contributed by atoms with Crippen molar-refractivity contribution in [2.24, 2.45) is 16.7 Å². The summed E-state index contributed by atoms with van der Waals surface area (Å²) < 4.78 is 0. The third-order valence-corrected chi connectivity index (χ3v) is 16.7. The van der Waals surface area contributed by atoms with Crippen molar-refractivity contribution in [1.82, 2.24) is 59.8 Å². The molecular weight excluding hydrogens is 925 g/mol. The summed E-state index contributed by atoms with van der Waals surface area (Å²) in [6.07, 6.45) is 23.3. The highest BCUT2D eigenvalue weighted by Gasteiger charge is 2.50. The third-order valence-electron chi connectivity index (χ3n) is 16.7. The summed E-state index contributed by atoms with van der Waals surface area (Å²) in [5.41, 5.74) is 12.8. The molecule has 8 aromatic heterocycles. The number of hydrogen-bond acceptors (Lipinski definition) is 12. The third kappa shape index (κ3) is 7.55. The molecule has 12 nitrogen and oxygen atoms in total. The first-order valence-corrected chi connectivity index (χ1v) is 26.2. The van der Waals surface area contributed by atoms with Crippen LogP contribution in [0.25, 0.3) is 105 Å². The van der Waals surface area contributed by atoms with Crippen molar-refractivity contribution in [2.75, 3.05) is 0 Å². The molecule has 3 atom stereocenters. The molecular formula is C63H58N12. The van der Waals surface area contributed by atoms with Crippen molar-refractivity contribution in [2.45, 2.75) is 92.9 Å². The van der Waals surface area contributed by atoms with Crippen LogP contribution in [0.15, 0.2) is 129 Å². The topological polar surface area (TPSA) is 155 Å². The number of nitrogens with zero attached hydrogens (tertiary/aromatic N) is 12. The summed E-state index contributed by atoms with van der Waals surface area (Å²) in [6, 6.07) is 23.0. The molecule has 0 saturated carbocycles. The van der Waals surface area contributed by atoms with Crippen LogP contribution in [-0.2, 0) is 5.41 Å². The smallest absolute Gasteiger partial charge is 0.101 e. The van der Waals surface area contributed by atoms with E-state index in [9.17, 15) is 0 Å². The summed E-state index contributed by atoms with van der Waals surface area (Å²) in [7, 11) is 0. The lowest BCUT2D eigenvalue weighted by atomic mass is 9.55. The van der Waals surface area contributed by atoms with E-state index in [4.69, 9.17) is 59.8 Å². The van der Waals surface area contributed by atoms with Gasteiger partial charge in [-0.1, -0.05) is 117 Å². The van der Waals surface area contributed by atoms with Gasteiger partial charge in [0.05, 0.1) is 77.9 Å². The summed E-state index contributed by atoms with van der Waals surface area (Å²) in [4.78, 5) is 61.9. The van der Waals surface area contributed by atoms with Crippen molar-refractivity contribution in [3.8, 4) is 22.5 Å². The SMILES string of the molecule is C=C(c1cnc2c(ccc3ccc(-c4c5nccnc5c(-c5ccc6ccc7ccc(C8=c9nccnc9=CC(C)(C(C)(CCC)C(C)CC)c9nccnc98)nc7c6n5)c5nccnc45)nc32)c1)C(C)(C)CCC. The minimum atomic E-state index is -0.538. The lowest BCUT2D eigenvalue weighted by Gasteiger charge is -2.49. The van der Waals surface area contributed by atoms with Crippen LogP contribution >= 0.6 is 0 Å². The molecule has 12 heteroatoms. The molecule has 11 aromatic rings. The Morgan fingerprint density at radius 2 is 1.01 bits per heavy atom. The Bertz CT molecular complexity index is 4230. The molecule has 370 valence electrons. The Morgan fingerprint density at radius 3 is 1.59 bits per heavy atom. The van der Waals surface area contributed by atoms with Gasteiger partial charge in [-0.25, -0.2) is 15.0 Å². The number of fused-ring (bicyclic) bond motifs is 10. The van der Waals surface area contributed by atoms with Gasteiger partial charge in [0.25, 0.3) is 0 Å². The van der Waals surface area contributed by atoms with Crippen LogP contribution in [0.5, 0.6) is 0 Å². The maximum absolute atomic E-state index is 5.53. The quantitative estimate of drug-likeness (QED) is 0.0845. The Morgan fingerprint density at radius 1 is 0.533 bits per heavy atom. The Kier molecular flexibility index (Phi) is 11.6. The molecule has 0 spiro atoms. The van der Waals surface area contributed by atoms with Crippen molar-refractivity contribution in [1.29, 1.82) is 0 Å². The fourth-order valence-electron chi connectivity index (χ4n) is 12.1. The van der Waals surface area contributed by atoms with Gasteiger partial charge in [0, 0.05) is 82.7 Å². The molecule has 0 aliphatic heterocycles. The Labute approximate surface area is 435 Å². The summed E-state index contributed by atoms with van der Waals surface area (Å²) in [5.74, 6) is 0.375. The second-order valence-electron chi connectivity index (χ2n) is 21.3. The van der Waals surface area contributed by atoms with E-state index in [1.165, 1.54) is 0 Å². The predicted octanol–water partition coefficient (Wildman–Crippen LogP) is 12.7. The second kappa shape index (κ2) is 18.2. The molecule has 3 aromatic carbocycles. The molecule has 1 aliphatic carbocycles. The number of allylic oxidation sites excluding steroid dienone is 1. The largest absolute Gasteiger partial charge is 0.256 e. The van der Waals surface area contributed by atoms with E-state index in [1.807, 2.05) is 24.5 Å². The lowest BCUT2D eigenvalue weighted by Crippen LogP contribution is -2.47. The van der Waals surface area contributed by atoms with Gasteiger partial charge in [-0.3, -0.25) is 44.9 Å². The zero-order chi connectivity index (χ0) is 51.8. The van der Waals surface area contributed by atoms with Gasteiger partial charge in [0.1, 0.15) is 22.1 Å². The van der Waals surface area contributed by atoms with Crippen LogP contribution in [0.3, 0.4) is 0 Å². The first-order valence-electron chi connectivity index (χ1n) is 26.2. The van der Waals surface area contributed by atoms with Crippen LogP contribution < -0.4 is 10.7 Å². The average Bonchev–Trinajstić information content (AvgIpc) is 3.55. The van der Waals surface area contributed by atoms with E-state index in [0.717, 1.165) is 120 Å². The van der Waals surface area contributed by atoms with Gasteiger partial charge in [0.2, 0.25) is 0 Å². The zero-order valence-corrected chi connectivity index (χ0v) is 43.8. The van der Waals surface area contributed by atoms with E-state index in [1.54, 1.807) is 43.4 Å². The molecule has 0 fully saturated rings. The van der Waals surface area contributed by atoms with Gasteiger partial charge in [-0.05, 0) is 78.0 Å². The second-order valence-corrected chi connectivity index (χ2v) is 21.3. The lowest BCUT2D eigenvalue weighted by molar-refractivity contribution is 0.0999. The van der Waals surface area contributed by atoms with E-state index in [0.29, 0.717) is 50.6 Å². The van der Waals surface area contributed by atoms with Crippen molar-refractivity contribution >= 4 is 82.9 Å². The Hall–Kier alpha value is -8.38. The van der Waals surface area contributed by atoms with Crippen LogP contribution in [0, 0.1) is 16.7 Å². The van der Waals surface area contributed by atoms with Crippen molar-refractivity contribution in [3.05, 3.63) is 162 Å². The molecule has 0 saturated heterocycles. The first-order chi connectivity index (χ1) is 36.4. The molecule has 8 heterocycles. The predicted molar refractivity (Wildman–Crippen MR) is 302 cm³/mol. The maximum atomic E-state index is 5.53. The normalized spacial score (nSPS) is 16.0. The minimum absolute atomic E-state index is 0.0495. The fraction of sp³-hybridized carbons (Fsp3) is 0.270. The zero-order valence-electron chi connectivity index (χ0n) is 43.8.